The van der Waals surface area contributed by atoms with Crippen molar-refractivity contribution in [3.63, 3.8) is 0 Å². The standard InChI is InChI=1S/C21H30N4O2/c1-4-9-24-16-10-15(11-17(24)13-27-12-16)22-21(26)20-18-7-5-6-8-19(18)25(23-20)14(2)3/h5-8,14-17H,4,9-13H2,1-3H3,(H,22,26). The van der Waals surface area contributed by atoms with Crippen LogP contribution in [0.1, 0.15) is 56.6 Å². The Bertz CT molecular complexity index is 802. The van der Waals surface area contributed by atoms with E-state index in [0.29, 0.717) is 17.8 Å². The summed E-state index contributed by atoms with van der Waals surface area (Å²) in [5, 5.41) is 8.84. The summed E-state index contributed by atoms with van der Waals surface area (Å²) in [5.74, 6) is -0.0569. The molecule has 2 aliphatic rings. The largest absolute Gasteiger partial charge is 0.378 e. The fourth-order valence-electron chi connectivity index (χ4n) is 4.64. The number of morpholine rings is 1. The minimum Gasteiger partial charge on any atom is -0.378 e. The van der Waals surface area contributed by atoms with Crippen molar-refractivity contribution >= 4 is 16.8 Å². The third-order valence-corrected chi connectivity index (χ3v) is 5.81. The van der Waals surface area contributed by atoms with E-state index in [2.05, 4.69) is 36.1 Å². The molecule has 2 saturated heterocycles. The Hall–Kier alpha value is -1.92. The minimum atomic E-state index is -0.0569. The van der Waals surface area contributed by atoms with Crippen molar-refractivity contribution < 1.29 is 9.53 Å². The van der Waals surface area contributed by atoms with Gasteiger partial charge in [-0.25, -0.2) is 0 Å². The molecule has 2 aromatic rings. The molecule has 2 aliphatic heterocycles. The van der Waals surface area contributed by atoms with E-state index in [1.54, 1.807) is 0 Å². The van der Waals surface area contributed by atoms with Crippen LogP contribution in [0.4, 0.5) is 0 Å². The average molecular weight is 370 g/mol. The van der Waals surface area contributed by atoms with Crippen molar-refractivity contribution in [2.45, 2.75) is 64.2 Å². The lowest BCUT2D eigenvalue weighted by Crippen LogP contribution is -2.60. The Morgan fingerprint density at radius 3 is 2.63 bits per heavy atom. The van der Waals surface area contributed by atoms with Gasteiger partial charge in [-0.1, -0.05) is 25.1 Å². The average Bonchev–Trinajstić information content (AvgIpc) is 3.02. The van der Waals surface area contributed by atoms with Crippen LogP contribution in [0.3, 0.4) is 0 Å². The molecule has 1 aromatic carbocycles. The zero-order valence-corrected chi connectivity index (χ0v) is 16.5. The number of benzene rings is 1. The zero-order chi connectivity index (χ0) is 19.0. The van der Waals surface area contributed by atoms with Crippen LogP contribution in [-0.4, -0.2) is 58.5 Å². The third kappa shape index (κ3) is 3.48. The van der Waals surface area contributed by atoms with E-state index in [4.69, 9.17) is 4.74 Å². The van der Waals surface area contributed by atoms with Crippen molar-refractivity contribution in [1.29, 1.82) is 0 Å². The smallest absolute Gasteiger partial charge is 0.272 e. The molecule has 2 unspecified atom stereocenters. The maximum atomic E-state index is 13.1. The number of nitrogens with one attached hydrogen (secondary N) is 1. The lowest BCUT2D eigenvalue weighted by Gasteiger charge is -2.48. The molecular weight excluding hydrogens is 340 g/mol. The summed E-state index contributed by atoms with van der Waals surface area (Å²) in [6.45, 7) is 9.06. The molecule has 0 radical (unpaired) electrons. The maximum absolute atomic E-state index is 13.1. The van der Waals surface area contributed by atoms with Gasteiger partial charge in [-0.05, 0) is 45.7 Å². The molecule has 1 amide bonds. The van der Waals surface area contributed by atoms with Gasteiger partial charge in [-0.15, -0.1) is 0 Å². The number of aromatic nitrogens is 2. The molecular formula is C21H30N4O2. The molecule has 2 fully saturated rings. The molecule has 3 heterocycles. The fourth-order valence-corrected chi connectivity index (χ4v) is 4.64. The summed E-state index contributed by atoms with van der Waals surface area (Å²) in [6, 6.07) is 9.20. The summed E-state index contributed by atoms with van der Waals surface area (Å²) in [6.07, 6.45) is 3.05. The minimum absolute atomic E-state index is 0.0569. The first-order valence-electron chi connectivity index (χ1n) is 10.2. The van der Waals surface area contributed by atoms with Gasteiger partial charge >= 0.3 is 0 Å². The quantitative estimate of drug-likeness (QED) is 0.879. The highest BCUT2D eigenvalue weighted by Crippen LogP contribution is 2.28. The summed E-state index contributed by atoms with van der Waals surface area (Å²) in [5.41, 5.74) is 1.55. The van der Waals surface area contributed by atoms with Gasteiger partial charge in [0.05, 0.1) is 18.7 Å². The number of para-hydroxylation sites is 1. The molecule has 0 spiro atoms. The molecule has 2 bridgehead atoms. The number of carbonyl (C=O) groups excluding carboxylic acids is 1. The van der Waals surface area contributed by atoms with Gasteiger partial charge < -0.3 is 10.1 Å². The molecule has 0 aliphatic carbocycles. The van der Waals surface area contributed by atoms with E-state index in [1.807, 2.05) is 28.9 Å². The number of amides is 1. The SMILES string of the molecule is CCCN1C2COCC1CC(NC(=O)c1nn(C(C)C)c3ccccc13)C2. The lowest BCUT2D eigenvalue weighted by atomic mass is 9.89. The van der Waals surface area contributed by atoms with Gasteiger partial charge in [0.2, 0.25) is 0 Å². The van der Waals surface area contributed by atoms with Crippen LogP contribution in [0.2, 0.25) is 0 Å². The van der Waals surface area contributed by atoms with E-state index < -0.39 is 0 Å². The first kappa shape index (κ1) is 18.4. The topological polar surface area (TPSA) is 59.4 Å². The van der Waals surface area contributed by atoms with E-state index in [9.17, 15) is 4.79 Å². The van der Waals surface area contributed by atoms with Crippen LogP contribution < -0.4 is 5.32 Å². The van der Waals surface area contributed by atoms with Crippen molar-refractivity contribution in [3.05, 3.63) is 30.0 Å². The van der Waals surface area contributed by atoms with E-state index >= 15 is 0 Å². The van der Waals surface area contributed by atoms with Gasteiger partial charge in [-0.3, -0.25) is 14.4 Å². The van der Waals surface area contributed by atoms with Crippen molar-refractivity contribution in [3.8, 4) is 0 Å². The van der Waals surface area contributed by atoms with Crippen LogP contribution in [0.25, 0.3) is 10.9 Å². The molecule has 0 saturated carbocycles. The number of carbonyl (C=O) groups is 1. The number of hydrogen-bond donors (Lipinski definition) is 1. The monoisotopic (exact) mass is 370 g/mol. The predicted octanol–water partition coefficient (Wildman–Crippen LogP) is 2.99. The number of piperidine rings is 1. The molecule has 6 heteroatoms. The van der Waals surface area contributed by atoms with Gasteiger partial charge in [-0.2, -0.15) is 5.10 Å². The summed E-state index contributed by atoms with van der Waals surface area (Å²) in [7, 11) is 0. The van der Waals surface area contributed by atoms with Crippen molar-refractivity contribution in [2.24, 2.45) is 0 Å². The number of nitrogens with zero attached hydrogens (tertiary/aromatic N) is 3. The second-order valence-electron chi connectivity index (χ2n) is 8.13. The number of ether oxygens (including phenoxy) is 1. The van der Waals surface area contributed by atoms with E-state index in [-0.39, 0.29) is 18.0 Å². The highest BCUT2D eigenvalue weighted by atomic mass is 16.5. The normalized spacial score (nSPS) is 25.9. The number of hydrogen-bond acceptors (Lipinski definition) is 4. The summed E-state index contributed by atoms with van der Waals surface area (Å²) in [4.78, 5) is 15.6. The van der Waals surface area contributed by atoms with Crippen molar-refractivity contribution in [1.82, 2.24) is 20.0 Å². The van der Waals surface area contributed by atoms with Gasteiger partial charge in [0.25, 0.3) is 5.91 Å². The van der Waals surface area contributed by atoms with Crippen LogP contribution in [0, 0.1) is 0 Å². The Kier molecular flexibility index (Phi) is 5.19. The molecule has 1 N–H and O–H groups in total. The Balaban J connectivity index is 1.53. The molecule has 1 aromatic heterocycles. The molecule has 146 valence electrons. The number of rotatable bonds is 5. The maximum Gasteiger partial charge on any atom is 0.272 e. The number of fused-ring (bicyclic) bond motifs is 3. The van der Waals surface area contributed by atoms with Crippen LogP contribution in [-0.2, 0) is 4.74 Å². The van der Waals surface area contributed by atoms with Crippen molar-refractivity contribution in [2.75, 3.05) is 19.8 Å². The first-order valence-corrected chi connectivity index (χ1v) is 10.2. The molecule has 2 atom stereocenters. The highest BCUT2D eigenvalue weighted by molar-refractivity contribution is 6.05. The molecule has 27 heavy (non-hydrogen) atoms. The second-order valence-corrected chi connectivity index (χ2v) is 8.13. The molecule has 6 nitrogen and oxygen atoms in total. The molecule has 4 rings (SSSR count). The lowest BCUT2D eigenvalue weighted by molar-refractivity contribution is -0.0797. The van der Waals surface area contributed by atoms with Gasteiger partial charge in [0.1, 0.15) is 0 Å². The van der Waals surface area contributed by atoms with Crippen LogP contribution >= 0.6 is 0 Å². The van der Waals surface area contributed by atoms with Crippen LogP contribution in [0.15, 0.2) is 24.3 Å². The first-order chi connectivity index (χ1) is 13.1. The second kappa shape index (κ2) is 7.60. The summed E-state index contributed by atoms with van der Waals surface area (Å²) < 4.78 is 7.71. The van der Waals surface area contributed by atoms with E-state index in [0.717, 1.165) is 49.9 Å². The zero-order valence-electron chi connectivity index (χ0n) is 16.5. The van der Waals surface area contributed by atoms with Gasteiger partial charge in [0, 0.05) is 29.6 Å². The fraction of sp³-hybridized carbons (Fsp3) is 0.619. The summed E-state index contributed by atoms with van der Waals surface area (Å²) >= 11 is 0. The Morgan fingerprint density at radius 1 is 1.26 bits per heavy atom. The highest BCUT2D eigenvalue weighted by Gasteiger charge is 2.39. The van der Waals surface area contributed by atoms with Gasteiger partial charge in [0.15, 0.2) is 5.69 Å². The third-order valence-electron chi connectivity index (χ3n) is 5.81. The Morgan fingerprint density at radius 2 is 1.96 bits per heavy atom. The Labute approximate surface area is 160 Å². The predicted molar refractivity (Wildman–Crippen MR) is 106 cm³/mol. The van der Waals surface area contributed by atoms with E-state index in [1.165, 1.54) is 0 Å². The van der Waals surface area contributed by atoms with Crippen LogP contribution in [0.5, 0.6) is 0 Å².